The van der Waals surface area contributed by atoms with Crippen molar-refractivity contribution in [3.8, 4) is 17.2 Å². The topological polar surface area (TPSA) is 43.4 Å². The van der Waals surface area contributed by atoms with Crippen LogP contribution in [-0.4, -0.2) is 23.5 Å². The van der Waals surface area contributed by atoms with Crippen molar-refractivity contribution in [2.24, 2.45) is 0 Å². The minimum absolute atomic E-state index is 0. The molecule has 0 heterocycles. The minimum Gasteiger partial charge on any atom is -0.449 e. The van der Waals surface area contributed by atoms with Crippen molar-refractivity contribution < 1.29 is 80.8 Å². The molecule has 1 aromatic rings. The monoisotopic (exact) mass is 406 g/mol. The van der Waals surface area contributed by atoms with Gasteiger partial charge in [-0.3, -0.25) is 0 Å². The average molecular weight is 406 g/mol. The number of hydrogen-bond acceptors (Lipinski definition) is 3. The Labute approximate surface area is 183 Å². The van der Waals surface area contributed by atoms with Gasteiger partial charge in [0.25, 0.3) is 0 Å². The fourth-order valence-electron chi connectivity index (χ4n) is 1.75. The van der Waals surface area contributed by atoms with E-state index in [2.05, 4.69) is 15.6 Å². The van der Waals surface area contributed by atoms with Crippen LogP contribution in [-0.2, 0) is 16.8 Å². The molecule has 0 aliphatic rings. The molecule has 0 radical (unpaired) electrons. The van der Waals surface area contributed by atoms with Gasteiger partial charge in [0.1, 0.15) is 13.8 Å². The van der Waals surface area contributed by atoms with E-state index in [0.717, 1.165) is 12.1 Å². The molecule has 0 aliphatic carbocycles. The summed E-state index contributed by atoms with van der Waals surface area (Å²) in [5.74, 6) is 2.24. The first-order chi connectivity index (χ1) is 10.2. The number of rotatable bonds is 4. The van der Waals surface area contributed by atoms with E-state index in [1.54, 1.807) is 0 Å². The first kappa shape index (κ1) is 24.2. The van der Waals surface area contributed by atoms with E-state index in [1.807, 2.05) is 19.6 Å². The van der Waals surface area contributed by atoms with Gasteiger partial charge in [0, 0.05) is 5.56 Å². The van der Waals surface area contributed by atoms with Crippen LogP contribution in [0.25, 0.3) is 0 Å². The van der Waals surface area contributed by atoms with Crippen molar-refractivity contribution >= 4 is 25.6 Å². The van der Waals surface area contributed by atoms with Crippen LogP contribution in [0, 0.1) is 18.4 Å². The van der Waals surface area contributed by atoms with E-state index in [-0.39, 0.29) is 68.1 Å². The van der Waals surface area contributed by atoms with Crippen LogP contribution in [0.3, 0.4) is 0 Å². The molecule has 0 aromatic heterocycles. The van der Waals surface area contributed by atoms with Gasteiger partial charge in [0.2, 0.25) is 0 Å². The van der Waals surface area contributed by atoms with Crippen molar-refractivity contribution in [2.75, 3.05) is 0 Å². The molecular weight excluding hydrogens is 390 g/mol. The van der Waals surface area contributed by atoms with Gasteiger partial charge in [0.15, 0.2) is 0 Å². The van der Waals surface area contributed by atoms with Gasteiger partial charge in [-0.25, -0.2) is 0 Å². The molecule has 0 N–H and O–H groups in total. The summed E-state index contributed by atoms with van der Waals surface area (Å²) in [7, 11) is -7.13. The summed E-state index contributed by atoms with van der Waals surface area (Å²) in [5.41, 5.74) is 3.27. The second-order valence-electron chi connectivity index (χ2n) is 6.15. The maximum Gasteiger partial charge on any atom is 1.00 e. The molecule has 0 atom stereocenters. The van der Waals surface area contributed by atoms with Crippen molar-refractivity contribution in [2.45, 2.75) is 32.9 Å². The first-order valence-corrected chi connectivity index (χ1v) is 11.5. The Morgan fingerprint density at radius 2 is 1.75 bits per heavy atom. The van der Waals surface area contributed by atoms with Crippen molar-refractivity contribution in [3.63, 3.8) is 0 Å². The number of halogens is 4. The summed E-state index contributed by atoms with van der Waals surface area (Å²) in [6, 6.07) is 2.01. The van der Waals surface area contributed by atoms with Crippen LogP contribution in [0.1, 0.15) is 16.7 Å². The van der Waals surface area contributed by atoms with Gasteiger partial charge in [-0.2, -0.15) is 8.42 Å². The van der Waals surface area contributed by atoms with Crippen LogP contribution in [0.5, 0.6) is 5.75 Å². The van der Waals surface area contributed by atoms with Crippen molar-refractivity contribution in [1.29, 1.82) is 0 Å². The second-order valence-corrected chi connectivity index (χ2v) is 11.8. The third kappa shape index (κ3) is 9.60. The molecule has 0 bridgehead atoms. The molecule has 3 nitrogen and oxygen atoms in total. The fourth-order valence-corrected chi connectivity index (χ4v) is 2.59. The molecule has 0 saturated carbocycles. The number of benzene rings is 1. The second kappa shape index (κ2) is 8.70. The molecule has 128 valence electrons. The Balaban J connectivity index is 0.00000529. The zero-order chi connectivity index (χ0) is 18.1. The molecule has 1 aromatic carbocycles. The molecule has 0 amide bonds. The molecule has 1 rings (SSSR count). The quantitative estimate of drug-likeness (QED) is 0.321. The van der Waals surface area contributed by atoms with Gasteiger partial charge in [-0.05, 0) is 24.6 Å². The molecule has 0 aliphatic heterocycles. The number of hydrogen-bond donors (Lipinski definition) is 0. The molecule has 0 fully saturated rings. The van der Waals surface area contributed by atoms with E-state index in [9.17, 15) is 25.3 Å². The summed E-state index contributed by atoms with van der Waals surface area (Å²) >= 11 is 0. The van der Waals surface area contributed by atoms with Crippen LogP contribution >= 0.6 is 0 Å². The van der Waals surface area contributed by atoms with Crippen molar-refractivity contribution in [3.05, 3.63) is 28.8 Å². The zero-order valence-corrected chi connectivity index (χ0v) is 19.0. The molecular formula is C13H16BF4KO3SSi. The van der Waals surface area contributed by atoms with Gasteiger partial charge < -0.3 is 17.1 Å². The largest absolute Gasteiger partial charge is 1.00 e. The average Bonchev–Trinajstić information content (AvgIpc) is 2.26. The van der Waals surface area contributed by atoms with Crippen LogP contribution in [0.15, 0.2) is 12.1 Å². The predicted molar refractivity (Wildman–Crippen MR) is 84.8 cm³/mol. The van der Waals surface area contributed by atoms with Crippen LogP contribution in [0.2, 0.25) is 19.6 Å². The molecule has 0 spiro atoms. The fraction of sp³-hybridized carbons (Fsp3) is 0.385. The molecule has 0 saturated heterocycles. The normalized spacial score (nSPS) is 12.0. The Morgan fingerprint density at radius 3 is 2.17 bits per heavy atom. The van der Waals surface area contributed by atoms with Crippen molar-refractivity contribution in [1.82, 2.24) is 0 Å². The molecule has 24 heavy (non-hydrogen) atoms. The zero-order valence-electron chi connectivity index (χ0n) is 14.1. The van der Waals surface area contributed by atoms with Gasteiger partial charge in [0.05, 0.1) is 0 Å². The van der Waals surface area contributed by atoms with Gasteiger partial charge in [-0.15, -0.1) is 5.54 Å². The Hall–Kier alpha value is 0.168. The summed E-state index contributed by atoms with van der Waals surface area (Å²) in [6.07, 6.45) is -1.23. The van der Waals surface area contributed by atoms with Crippen LogP contribution < -0.4 is 55.6 Å². The van der Waals surface area contributed by atoms with E-state index >= 15 is 0 Å². The third-order valence-corrected chi connectivity index (χ3v) is 3.97. The smallest absolute Gasteiger partial charge is 0.449 e. The predicted octanol–water partition coefficient (Wildman–Crippen LogP) is 0.750. The van der Waals surface area contributed by atoms with E-state index < -0.39 is 37.6 Å². The van der Waals surface area contributed by atoms with Gasteiger partial charge >= 0.3 is 68.9 Å². The summed E-state index contributed by atoms with van der Waals surface area (Å²) < 4.78 is 76.0. The first-order valence-electron chi connectivity index (χ1n) is 6.68. The van der Waals surface area contributed by atoms with Gasteiger partial charge in [-0.1, -0.05) is 41.3 Å². The maximum absolute atomic E-state index is 12.7. The summed E-state index contributed by atoms with van der Waals surface area (Å²) in [5, 5.41) is 0. The Bertz CT molecular complexity index is 764. The SMILES string of the molecule is Cc1c(C#C[Si](C)(C)C)cc(OS(=O)(=O)F)cc1C[B-](F)(F)F.[K+]. The molecule has 0 unspecified atom stereocenters. The third-order valence-electron chi connectivity index (χ3n) is 2.71. The molecule has 11 heteroatoms. The Morgan fingerprint density at radius 1 is 1.21 bits per heavy atom. The van der Waals surface area contributed by atoms with E-state index in [1.165, 1.54) is 6.92 Å². The maximum atomic E-state index is 12.7. The summed E-state index contributed by atoms with van der Waals surface area (Å²) in [6.45, 7) is 2.15. The van der Waals surface area contributed by atoms with Crippen LogP contribution in [0.4, 0.5) is 16.8 Å². The minimum atomic E-state index is -5.33. The van der Waals surface area contributed by atoms with E-state index in [4.69, 9.17) is 0 Å². The van der Waals surface area contributed by atoms with E-state index in [0.29, 0.717) is 0 Å². The Kier molecular flexibility index (Phi) is 8.76. The standard InChI is InChI=1S/C13H16BF4O3SSi.K/c1-10-11(5-6-23(2,3)4)7-13(21-22(18,19)20)8-12(10)9-14(15,16)17;/h7-8H,9H2,1-4H3;/q-1;+1. The summed E-state index contributed by atoms with van der Waals surface area (Å²) in [4.78, 5) is 0.